The summed E-state index contributed by atoms with van der Waals surface area (Å²) in [6.07, 6.45) is 1.83. The maximum Gasteiger partial charge on any atom is 0.321 e. The largest absolute Gasteiger partial charge is 0.465 e. The summed E-state index contributed by atoms with van der Waals surface area (Å²) in [4.78, 5) is 18.0. The number of esters is 1. The van der Waals surface area contributed by atoms with E-state index in [1.54, 1.807) is 12.1 Å². The summed E-state index contributed by atoms with van der Waals surface area (Å²) in [5.41, 5.74) is 3.36. The van der Waals surface area contributed by atoms with Gasteiger partial charge in [-0.3, -0.25) is 9.78 Å². The number of benzene rings is 2. The van der Waals surface area contributed by atoms with Crippen LogP contribution in [-0.4, -0.2) is 22.3 Å². The van der Waals surface area contributed by atoms with Gasteiger partial charge in [-0.25, -0.2) is 0 Å². The predicted octanol–water partition coefficient (Wildman–Crippen LogP) is 5.21. The molecule has 2 aromatic carbocycles. The van der Waals surface area contributed by atoms with E-state index in [4.69, 9.17) is 10.00 Å². The number of rotatable bonds is 5. The van der Waals surface area contributed by atoms with Crippen LogP contribution in [0.3, 0.4) is 0 Å². The van der Waals surface area contributed by atoms with Crippen molar-refractivity contribution in [1.29, 1.82) is 5.26 Å². The van der Waals surface area contributed by atoms with Crippen LogP contribution in [0.4, 0.5) is 0 Å². The van der Waals surface area contributed by atoms with Crippen LogP contribution in [0, 0.1) is 11.3 Å². The molecule has 0 fully saturated rings. The second kappa shape index (κ2) is 7.81. The minimum absolute atomic E-state index is 0.248. The molecule has 0 unspecified atom stereocenters. The molecule has 0 aliphatic carbocycles. The van der Waals surface area contributed by atoms with Crippen molar-refractivity contribution >= 4 is 28.6 Å². The van der Waals surface area contributed by atoms with E-state index in [0.29, 0.717) is 12.2 Å². The van der Waals surface area contributed by atoms with E-state index in [0.717, 1.165) is 26.9 Å². The van der Waals surface area contributed by atoms with E-state index >= 15 is 0 Å². The first-order valence-electron chi connectivity index (χ1n) is 8.71. The Morgan fingerprint density at radius 2 is 1.89 bits per heavy atom. The van der Waals surface area contributed by atoms with Gasteiger partial charge in [-0.1, -0.05) is 30.3 Å². The van der Waals surface area contributed by atoms with Crippen molar-refractivity contribution in [1.82, 2.24) is 4.98 Å². The van der Waals surface area contributed by atoms with Gasteiger partial charge in [0.1, 0.15) is 4.75 Å². The van der Waals surface area contributed by atoms with Crippen molar-refractivity contribution < 1.29 is 9.53 Å². The summed E-state index contributed by atoms with van der Waals surface area (Å²) in [6, 6.07) is 17.4. The zero-order valence-corrected chi connectivity index (χ0v) is 16.3. The van der Waals surface area contributed by atoms with Crippen molar-refractivity contribution in [2.24, 2.45) is 0 Å². The topological polar surface area (TPSA) is 63.0 Å². The maximum absolute atomic E-state index is 12.4. The number of carbonyl (C=O) groups is 1. The normalized spacial score (nSPS) is 11.2. The van der Waals surface area contributed by atoms with Crippen LogP contribution in [0.5, 0.6) is 0 Å². The van der Waals surface area contributed by atoms with Crippen LogP contribution in [0.15, 0.2) is 59.6 Å². The fourth-order valence-electron chi connectivity index (χ4n) is 2.76. The molecule has 0 aliphatic heterocycles. The van der Waals surface area contributed by atoms with Crippen molar-refractivity contribution in [3.63, 3.8) is 0 Å². The van der Waals surface area contributed by atoms with Gasteiger partial charge in [-0.05, 0) is 44.5 Å². The van der Waals surface area contributed by atoms with Crippen molar-refractivity contribution in [2.75, 3.05) is 6.61 Å². The van der Waals surface area contributed by atoms with Crippen LogP contribution < -0.4 is 0 Å². The van der Waals surface area contributed by atoms with E-state index in [9.17, 15) is 4.79 Å². The highest BCUT2D eigenvalue weighted by atomic mass is 32.2. The summed E-state index contributed by atoms with van der Waals surface area (Å²) in [5.74, 6) is -0.248. The smallest absolute Gasteiger partial charge is 0.321 e. The molecule has 0 atom stereocenters. The first kappa shape index (κ1) is 18.9. The van der Waals surface area contributed by atoms with E-state index in [2.05, 4.69) is 11.1 Å². The zero-order valence-electron chi connectivity index (χ0n) is 15.5. The lowest BCUT2D eigenvalue weighted by Gasteiger charge is -2.24. The third kappa shape index (κ3) is 3.96. The van der Waals surface area contributed by atoms with Crippen LogP contribution in [0.25, 0.3) is 22.0 Å². The van der Waals surface area contributed by atoms with Gasteiger partial charge in [0, 0.05) is 22.0 Å². The predicted molar refractivity (Wildman–Crippen MR) is 108 cm³/mol. The Balaban J connectivity index is 2.15. The molecule has 27 heavy (non-hydrogen) atoms. The molecule has 0 amide bonds. The number of hydrogen-bond donors (Lipinski definition) is 0. The van der Waals surface area contributed by atoms with Gasteiger partial charge in [0.05, 0.1) is 23.8 Å². The van der Waals surface area contributed by atoms with Gasteiger partial charge >= 0.3 is 5.97 Å². The minimum Gasteiger partial charge on any atom is -0.465 e. The fraction of sp³-hybridized carbons (Fsp3) is 0.227. The molecule has 3 aromatic rings. The number of nitrogens with zero attached hydrogens (tertiary/aromatic N) is 2. The van der Waals surface area contributed by atoms with Crippen LogP contribution in [0.1, 0.15) is 26.3 Å². The van der Waals surface area contributed by atoms with Gasteiger partial charge < -0.3 is 4.74 Å². The third-order valence-corrected chi connectivity index (χ3v) is 5.50. The molecule has 3 rings (SSSR count). The van der Waals surface area contributed by atoms with Crippen molar-refractivity contribution in [3.05, 3.63) is 60.3 Å². The SMILES string of the molecule is CCOC(=O)C(C)(C)Sc1c(-c2ccc(C#N)cc2)cnc2ccccc12. The fourth-order valence-corrected chi connectivity index (χ4v) is 3.97. The molecule has 5 heteroatoms. The molecule has 0 saturated carbocycles. The van der Waals surface area contributed by atoms with Gasteiger partial charge in [0.15, 0.2) is 0 Å². The number of carbonyl (C=O) groups excluding carboxylic acids is 1. The number of nitriles is 1. The van der Waals surface area contributed by atoms with Gasteiger partial charge in [-0.15, -0.1) is 11.8 Å². The maximum atomic E-state index is 12.4. The van der Waals surface area contributed by atoms with E-state index in [-0.39, 0.29) is 5.97 Å². The van der Waals surface area contributed by atoms with Crippen LogP contribution >= 0.6 is 11.8 Å². The standard InChI is InChI=1S/C22H20N2O2S/c1-4-26-21(25)22(2,3)27-20-17-7-5-6-8-19(17)24-14-18(20)16-11-9-15(13-23)10-12-16/h5-12,14H,4H2,1-3H3. The molecule has 0 saturated heterocycles. The summed E-state index contributed by atoms with van der Waals surface area (Å²) >= 11 is 1.48. The van der Waals surface area contributed by atoms with Gasteiger partial charge in [-0.2, -0.15) is 5.26 Å². The van der Waals surface area contributed by atoms with Gasteiger partial charge in [0.25, 0.3) is 0 Å². The molecular formula is C22H20N2O2S. The minimum atomic E-state index is -0.749. The quantitative estimate of drug-likeness (QED) is 0.452. The molecule has 0 spiro atoms. The molecule has 1 aromatic heterocycles. The summed E-state index contributed by atoms with van der Waals surface area (Å²) in [5, 5.41) is 10.0. The number of thioether (sulfide) groups is 1. The lowest BCUT2D eigenvalue weighted by molar-refractivity contribution is -0.145. The first-order chi connectivity index (χ1) is 13.0. The molecule has 0 aliphatic rings. The third-order valence-electron chi connectivity index (χ3n) is 4.18. The van der Waals surface area contributed by atoms with E-state index < -0.39 is 4.75 Å². The summed E-state index contributed by atoms with van der Waals surface area (Å²) < 4.78 is 4.51. The van der Waals surface area contributed by atoms with Crippen LogP contribution in [0.2, 0.25) is 0 Å². The highest BCUT2D eigenvalue weighted by Gasteiger charge is 2.32. The Kier molecular flexibility index (Phi) is 5.48. The second-order valence-corrected chi connectivity index (χ2v) is 8.17. The molecule has 136 valence electrons. The van der Waals surface area contributed by atoms with Crippen LogP contribution in [-0.2, 0) is 9.53 Å². The zero-order chi connectivity index (χ0) is 19.4. The molecule has 0 N–H and O–H groups in total. The highest BCUT2D eigenvalue weighted by Crippen LogP contribution is 2.43. The molecule has 4 nitrogen and oxygen atoms in total. The van der Waals surface area contributed by atoms with Crippen molar-refractivity contribution in [2.45, 2.75) is 30.4 Å². The molecular weight excluding hydrogens is 356 g/mol. The average molecular weight is 376 g/mol. The average Bonchev–Trinajstić information content (AvgIpc) is 2.68. The number of pyridine rings is 1. The summed E-state index contributed by atoms with van der Waals surface area (Å²) in [7, 11) is 0. The highest BCUT2D eigenvalue weighted by molar-refractivity contribution is 8.01. The lowest BCUT2D eigenvalue weighted by atomic mass is 10.0. The lowest BCUT2D eigenvalue weighted by Crippen LogP contribution is -2.30. The number of para-hydroxylation sites is 1. The monoisotopic (exact) mass is 376 g/mol. The number of fused-ring (bicyclic) bond motifs is 1. The van der Waals surface area contributed by atoms with E-state index in [1.807, 2.05) is 63.4 Å². The second-order valence-electron chi connectivity index (χ2n) is 6.54. The van der Waals surface area contributed by atoms with E-state index in [1.165, 1.54) is 11.8 Å². The Morgan fingerprint density at radius 1 is 1.19 bits per heavy atom. The molecule has 0 bridgehead atoms. The number of hydrogen-bond acceptors (Lipinski definition) is 5. The Bertz CT molecular complexity index is 1020. The summed E-state index contributed by atoms with van der Waals surface area (Å²) in [6.45, 7) is 5.89. The Labute approximate surface area is 163 Å². The molecule has 0 radical (unpaired) electrons. The molecule has 1 heterocycles. The Morgan fingerprint density at radius 3 is 2.56 bits per heavy atom. The van der Waals surface area contributed by atoms with Crippen molar-refractivity contribution in [3.8, 4) is 17.2 Å². The first-order valence-corrected chi connectivity index (χ1v) is 9.52. The van der Waals surface area contributed by atoms with Gasteiger partial charge in [0.2, 0.25) is 0 Å². The Hall–Kier alpha value is -2.84. The number of ether oxygens (including phenoxy) is 1. The number of aromatic nitrogens is 1.